The summed E-state index contributed by atoms with van der Waals surface area (Å²) >= 11 is 0. The van der Waals surface area contributed by atoms with Crippen molar-refractivity contribution in [1.29, 1.82) is 0 Å². The van der Waals surface area contributed by atoms with E-state index in [4.69, 9.17) is 0 Å². The number of imidazole rings is 1. The molecule has 2 heterocycles. The third-order valence-electron chi connectivity index (χ3n) is 2.28. The first-order valence-corrected chi connectivity index (χ1v) is 5.24. The van der Waals surface area contributed by atoms with Crippen molar-refractivity contribution >= 4 is 5.91 Å². The van der Waals surface area contributed by atoms with E-state index in [9.17, 15) is 4.79 Å². The second-order valence-electron chi connectivity index (χ2n) is 3.61. The zero-order valence-corrected chi connectivity index (χ0v) is 9.37. The predicted octanol–water partition coefficient (Wildman–Crippen LogP) is -0.336. The molecular weight excluding hydrogens is 222 g/mol. The number of amides is 1. The molecule has 1 unspecified atom stereocenters. The number of nitrogens with one attached hydrogen (secondary N) is 2. The first-order chi connectivity index (χ1) is 8.25. The van der Waals surface area contributed by atoms with Gasteiger partial charge < -0.3 is 9.88 Å². The van der Waals surface area contributed by atoms with Crippen LogP contribution < -0.4 is 5.32 Å². The highest BCUT2D eigenvalue weighted by molar-refractivity contribution is 5.76. The predicted molar refractivity (Wildman–Crippen MR) is 57.6 cm³/mol. The van der Waals surface area contributed by atoms with E-state index in [0.29, 0.717) is 18.8 Å². The lowest BCUT2D eigenvalue weighted by atomic mass is 10.3. The Morgan fingerprint density at radius 2 is 2.53 bits per heavy atom. The van der Waals surface area contributed by atoms with Crippen molar-refractivity contribution in [3.8, 4) is 0 Å². The van der Waals surface area contributed by atoms with Crippen LogP contribution >= 0.6 is 0 Å². The van der Waals surface area contributed by atoms with E-state index in [-0.39, 0.29) is 11.9 Å². The molecule has 1 atom stereocenters. The molecule has 0 fully saturated rings. The maximum absolute atomic E-state index is 11.6. The fourth-order valence-corrected chi connectivity index (χ4v) is 1.38. The topological polar surface area (TPSA) is 101 Å². The molecule has 8 nitrogen and oxygen atoms in total. The van der Waals surface area contributed by atoms with Crippen LogP contribution in [0.2, 0.25) is 0 Å². The molecule has 90 valence electrons. The molecule has 0 saturated carbocycles. The fourth-order valence-electron chi connectivity index (χ4n) is 1.38. The van der Waals surface area contributed by atoms with Gasteiger partial charge >= 0.3 is 0 Å². The van der Waals surface area contributed by atoms with Gasteiger partial charge in [0, 0.05) is 25.4 Å². The molecule has 17 heavy (non-hydrogen) atoms. The van der Waals surface area contributed by atoms with Crippen LogP contribution in [0.1, 0.15) is 25.2 Å². The van der Waals surface area contributed by atoms with E-state index < -0.39 is 0 Å². The Morgan fingerprint density at radius 1 is 1.65 bits per heavy atom. The molecule has 2 aromatic rings. The number of aryl methyl sites for hydroxylation is 1. The average Bonchev–Trinajstić information content (AvgIpc) is 2.99. The number of hydrogen-bond acceptors (Lipinski definition) is 5. The summed E-state index contributed by atoms with van der Waals surface area (Å²) in [5.74, 6) is 0.414. The van der Waals surface area contributed by atoms with Gasteiger partial charge in [0.2, 0.25) is 5.91 Å². The van der Waals surface area contributed by atoms with Crippen LogP contribution in [0.3, 0.4) is 0 Å². The standard InChI is InChI=1S/C9H13N7O/c1-7(9-12-14-15-13-9)11-8(17)2-4-16-5-3-10-6-16/h3,5-7H,2,4H2,1H3,(H,11,17)(H,12,13,14,15). The van der Waals surface area contributed by atoms with Crippen molar-refractivity contribution in [3.05, 3.63) is 24.5 Å². The van der Waals surface area contributed by atoms with Gasteiger partial charge in [0.25, 0.3) is 0 Å². The summed E-state index contributed by atoms with van der Waals surface area (Å²) in [6, 6.07) is -0.246. The highest BCUT2D eigenvalue weighted by Gasteiger charge is 2.12. The Hall–Kier alpha value is -2.25. The number of tetrazole rings is 1. The molecule has 0 radical (unpaired) electrons. The van der Waals surface area contributed by atoms with E-state index in [2.05, 4.69) is 30.9 Å². The van der Waals surface area contributed by atoms with Crippen LogP contribution in [-0.2, 0) is 11.3 Å². The van der Waals surface area contributed by atoms with Crippen molar-refractivity contribution in [2.45, 2.75) is 25.9 Å². The first kappa shape index (κ1) is 11.2. The van der Waals surface area contributed by atoms with Gasteiger partial charge in [-0.2, -0.15) is 5.21 Å². The second kappa shape index (κ2) is 5.19. The van der Waals surface area contributed by atoms with Crippen LogP contribution in [0.5, 0.6) is 0 Å². The molecule has 0 aliphatic carbocycles. The molecule has 0 aliphatic rings. The molecule has 8 heteroatoms. The minimum absolute atomic E-state index is 0.0593. The number of H-pyrrole nitrogens is 1. The largest absolute Gasteiger partial charge is 0.346 e. The Balaban J connectivity index is 1.77. The van der Waals surface area contributed by atoms with Gasteiger partial charge in [-0.1, -0.05) is 5.21 Å². The SMILES string of the molecule is CC(NC(=O)CCn1ccnc1)c1nn[nH]n1. The maximum Gasteiger partial charge on any atom is 0.222 e. The summed E-state index contributed by atoms with van der Waals surface area (Å²) in [7, 11) is 0. The van der Waals surface area contributed by atoms with Crippen LogP contribution in [0.4, 0.5) is 0 Å². The van der Waals surface area contributed by atoms with Crippen molar-refractivity contribution in [1.82, 2.24) is 35.5 Å². The van der Waals surface area contributed by atoms with Gasteiger partial charge in [-0.05, 0) is 6.92 Å². The lowest BCUT2D eigenvalue weighted by Gasteiger charge is -2.09. The van der Waals surface area contributed by atoms with Crippen LogP contribution in [-0.4, -0.2) is 36.1 Å². The summed E-state index contributed by atoms with van der Waals surface area (Å²) in [5, 5.41) is 16.2. The first-order valence-electron chi connectivity index (χ1n) is 5.24. The number of nitrogens with zero attached hydrogens (tertiary/aromatic N) is 5. The monoisotopic (exact) mass is 235 g/mol. The summed E-state index contributed by atoms with van der Waals surface area (Å²) in [6.07, 6.45) is 5.56. The van der Waals surface area contributed by atoms with Gasteiger partial charge in [-0.3, -0.25) is 4.79 Å². The smallest absolute Gasteiger partial charge is 0.222 e. The van der Waals surface area contributed by atoms with Crippen molar-refractivity contribution in [2.24, 2.45) is 0 Å². The molecule has 0 aromatic carbocycles. The lowest BCUT2D eigenvalue weighted by Crippen LogP contribution is -2.28. The third kappa shape index (κ3) is 3.10. The Bertz CT molecular complexity index is 450. The molecule has 0 bridgehead atoms. The maximum atomic E-state index is 11.6. The number of aromatic nitrogens is 6. The average molecular weight is 235 g/mol. The minimum atomic E-state index is -0.246. The molecule has 2 aromatic heterocycles. The molecule has 1 amide bonds. The van der Waals surface area contributed by atoms with Crippen molar-refractivity contribution < 1.29 is 4.79 Å². The fraction of sp³-hybridized carbons (Fsp3) is 0.444. The van der Waals surface area contributed by atoms with E-state index in [1.807, 2.05) is 10.8 Å². The quantitative estimate of drug-likeness (QED) is 0.738. The van der Waals surface area contributed by atoms with Gasteiger partial charge in [0.05, 0.1) is 12.4 Å². The number of hydrogen-bond donors (Lipinski definition) is 2. The van der Waals surface area contributed by atoms with Gasteiger partial charge in [-0.15, -0.1) is 10.2 Å². The van der Waals surface area contributed by atoms with E-state index in [0.717, 1.165) is 0 Å². The number of aromatic amines is 1. The Labute approximate surface area is 97.4 Å². The third-order valence-corrected chi connectivity index (χ3v) is 2.28. The van der Waals surface area contributed by atoms with Gasteiger partial charge in [0.15, 0.2) is 5.82 Å². The van der Waals surface area contributed by atoms with Gasteiger partial charge in [0.1, 0.15) is 0 Å². The minimum Gasteiger partial charge on any atom is -0.346 e. The number of carbonyl (C=O) groups excluding carboxylic acids is 1. The highest BCUT2D eigenvalue weighted by atomic mass is 16.1. The van der Waals surface area contributed by atoms with Crippen LogP contribution in [0, 0.1) is 0 Å². The molecule has 2 rings (SSSR count). The Kier molecular flexibility index (Phi) is 3.43. The van der Waals surface area contributed by atoms with E-state index in [1.165, 1.54) is 0 Å². The second-order valence-corrected chi connectivity index (χ2v) is 3.61. The molecule has 0 saturated heterocycles. The van der Waals surface area contributed by atoms with E-state index in [1.54, 1.807) is 19.4 Å². The van der Waals surface area contributed by atoms with Crippen LogP contribution in [0.25, 0.3) is 0 Å². The molecule has 0 spiro atoms. The molecular formula is C9H13N7O. The zero-order valence-electron chi connectivity index (χ0n) is 9.37. The van der Waals surface area contributed by atoms with E-state index >= 15 is 0 Å². The summed E-state index contributed by atoms with van der Waals surface area (Å²) in [4.78, 5) is 15.5. The molecule has 2 N–H and O–H groups in total. The zero-order chi connectivity index (χ0) is 12.1. The number of rotatable bonds is 5. The summed E-state index contributed by atoms with van der Waals surface area (Å²) in [6.45, 7) is 2.41. The number of carbonyl (C=O) groups is 1. The lowest BCUT2D eigenvalue weighted by molar-refractivity contribution is -0.122. The summed E-state index contributed by atoms with van der Waals surface area (Å²) in [5.41, 5.74) is 0. The Morgan fingerprint density at radius 3 is 3.18 bits per heavy atom. The van der Waals surface area contributed by atoms with Crippen molar-refractivity contribution in [3.63, 3.8) is 0 Å². The van der Waals surface area contributed by atoms with Gasteiger partial charge in [-0.25, -0.2) is 4.98 Å². The highest BCUT2D eigenvalue weighted by Crippen LogP contribution is 2.03. The molecule has 0 aliphatic heterocycles. The van der Waals surface area contributed by atoms with Crippen LogP contribution in [0.15, 0.2) is 18.7 Å². The summed E-state index contributed by atoms with van der Waals surface area (Å²) < 4.78 is 1.85. The van der Waals surface area contributed by atoms with Crippen molar-refractivity contribution in [2.75, 3.05) is 0 Å². The normalized spacial score (nSPS) is 12.3.